The topological polar surface area (TPSA) is 81.6 Å². The van der Waals surface area contributed by atoms with Crippen molar-refractivity contribution in [1.82, 2.24) is 4.90 Å². The van der Waals surface area contributed by atoms with Crippen LogP contribution >= 0.6 is 0 Å². The fourth-order valence-corrected chi connectivity index (χ4v) is 3.52. The summed E-state index contributed by atoms with van der Waals surface area (Å²) in [6.07, 6.45) is 4.90. The highest BCUT2D eigenvalue weighted by atomic mass is 16.5. The van der Waals surface area contributed by atoms with Gasteiger partial charge in [-0.1, -0.05) is 6.42 Å². The Morgan fingerprint density at radius 2 is 2.20 bits per heavy atom. The van der Waals surface area contributed by atoms with E-state index >= 15 is 0 Å². The van der Waals surface area contributed by atoms with Crippen molar-refractivity contribution in [2.24, 2.45) is 17.4 Å². The molecule has 2 heterocycles. The zero-order valence-electron chi connectivity index (χ0n) is 12.8. The van der Waals surface area contributed by atoms with Crippen LogP contribution in [0.2, 0.25) is 0 Å². The van der Waals surface area contributed by atoms with Crippen LogP contribution in [0.4, 0.5) is 0 Å². The molecule has 0 unspecified atom stereocenters. The molecular formula is C15H29N3O2. The van der Waals surface area contributed by atoms with Crippen LogP contribution in [0.3, 0.4) is 0 Å². The second-order valence-corrected chi connectivity index (χ2v) is 6.84. The first-order valence-corrected chi connectivity index (χ1v) is 7.85. The van der Waals surface area contributed by atoms with Crippen molar-refractivity contribution in [2.75, 3.05) is 19.6 Å². The fraction of sp³-hybridized carbons (Fsp3) is 0.933. The van der Waals surface area contributed by atoms with E-state index in [1.165, 1.54) is 0 Å². The van der Waals surface area contributed by atoms with Gasteiger partial charge >= 0.3 is 0 Å². The highest BCUT2D eigenvalue weighted by Gasteiger charge is 2.44. The maximum absolute atomic E-state index is 12.4. The van der Waals surface area contributed by atoms with Crippen molar-refractivity contribution >= 4 is 5.91 Å². The van der Waals surface area contributed by atoms with Crippen LogP contribution in [0.15, 0.2) is 0 Å². The lowest BCUT2D eigenvalue weighted by Crippen LogP contribution is -2.50. The van der Waals surface area contributed by atoms with Gasteiger partial charge in [0.15, 0.2) is 0 Å². The molecule has 0 aromatic heterocycles. The summed E-state index contributed by atoms with van der Waals surface area (Å²) in [6.45, 7) is 6.52. The molecule has 0 radical (unpaired) electrons. The number of carbonyl (C=O) groups excluding carboxylic acids is 1. The number of likely N-dealkylation sites (tertiary alicyclic amines) is 1. The molecule has 0 saturated carbocycles. The minimum absolute atomic E-state index is 0.0440. The van der Waals surface area contributed by atoms with Crippen molar-refractivity contribution < 1.29 is 9.53 Å². The number of nitrogens with zero attached hydrogens (tertiary/aromatic N) is 1. The van der Waals surface area contributed by atoms with Crippen molar-refractivity contribution in [1.29, 1.82) is 0 Å². The zero-order valence-corrected chi connectivity index (χ0v) is 12.8. The van der Waals surface area contributed by atoms with E-state index < -0.39 is 0 Å². The minimum atomic E-state index is -0.367. The van der Waals surface area contributed by atoms with Gasteiger partial charge in [0.05, 0.1) is 17.7 Å². The third-order valence-electron chi connectivity index (χ3n) is 4.49. The van der Waals surface area contributed by atoms with Gasteiger partial charge in [0.2, 0.25) is 5.91 Å². The number of rotatable bonds is 5. The van der Waals surface area contributed by atoms with Crippen LogP contribution < -0.4 is 11.5 Å². The minimum Gasteiger partial charge on any atom is -0.372 e. The molecule has 0 aromatic rings. The standard InChI is InChI=1S/C15H29N3O2/c1-15(2)9-11-10-18(8-6-13(11)20-15)14(19)12(17)5-3-4-7-16/h11-13H,3-10,16-17H2,1-2H3/t11-,12-,13+/m1/s1. The lowest BCUT2D eigenvalue weighted by molar-refractivity contribution is -0.136. The molecule has 5 heteroatoms. The van der Waals surface area contributed by atoms with Crippen LogP contribution in [0.25, 0.3) is 0 Å². The number of hydrogen-bond donors (Lipinski definition) is 2. The second kappa shape index (κ2) is 6.41. The molecule has 116 valence electrons. The molecule has 2 aliphatic rings. The number of unbranched alkanes of at least 4 members (excludes halogenated alkanes) is 1. The molecule has 2 rings (SSSR count). The Morgan fingerprint density at radius 1 is 1.45 bits per heavy atom. The molecule has 2 fully saturated rings. The summed E-state index contributed by atoms with van der Waals surface area (Å²) in [5.41, 5.74) is 11.4. The number of nitrogens with two attached hydrogens (primary N) is 2. The van der Waals surface area contributed by atoms with Gasteiger partial charge in [-0.25, -0.2) is 0 Å². The van der Waals surface area contributed by atoms with Gasteiger partial charge in [0.25, 0.3) is 0 Å². The van der Waals surface area contributed by atoms with Crippen LogP contribution in [-0.4, -0.2) is 48.2 Å². The summed E-state index contributed by atoms with van der Waals surface area (Å²) in [5.74, 6) is 0.573. The molecule has 5 nitrogen and oxygen atoms in total. The van der Waals surface area contributed by atoms with Gasteiger partial charge in [0.1, 0.15) is 0 Å². The number of carbonyl (C=O) groups is 1. The van der Waals surface area contributed by atoms with Gasteiger partial charge in [-0.2, -0.15) is 0 Å². The maximum Gasteiger partial charge on any atom is 0.239 e. The van der Waals surface area contributed by atoms with Gasteiger partial charge in [-0.15, -0.1) is 0 Å². The predicted octanol–water partition coefficient (Wildman–Crippen LogP) is 0.859. The van der Waals surface area contributed by atoms with E-state index in [9.17, 15) is 4.79 Å². The van der Waals surface area contributed by atoms with E-state index in [-0.39, 0.29) is 17.6 Å². The number of ether oxygens (including phenoxy) is 1. The molecule has 20 heavy (non-hydrogen) atoms. The highest BCUT2D eigenvalue weighted by Crippen LogP contribution is 2.38. The first-order valence-electron chi connectivity index (χ1n) is 7.85. The van der Waals surface area contributed by atoms with Gasteiger partial charge in [-0.3, -0.25) is 4.79 Å². The summed E-state index contributed by atoms with van der Waals surface area (Å²) >= 11 is 0. The largest absolute Gasteiger partial charge is 0.372 e. The number of piperidine rings is 1. The SMILES string of the molecule is CC1(C)C[C@@H]2CN(C(=O)[C@H](N)CCCCN)CC[C@@H]2O1. The smallest absolute Gasteiger partial charge is 0.239 e. The summed E-state index contributed by atoms with van der Waals surface area (Å²) in [5, 5.41) is 0. The van der Waals surface area contributed by atoms with Crippen molar-refractivity contribution in [2.45, 2.75) is 63.7 Å². The molecule has 0 spiro atoms. The van der Waals surface area contributed by atoms with Gasteiger partial charge in [-0.05, 0) is 46.1 Å². The van der Waals surface area contributed by atoms with Gasteiger partial charge in [0, 0.05) is 19.0 Å². The molecule has 2 saturated heterocycles. The Hall–Kier alpha value is -0.650. The lowest BCUT2D eigenvalue weighted by Gasteiger charge is -2.35. The van der Waals surface area contributed by atoms with E-state index in [1.807, 2.05) is 4.90 Å². The molecular weight excluding hydrogens is 254 g/mol. The third-order valence-corrected chi connectivity index (χ3v) is 4.49. The average Bonchev–Trinajstić information content (AvgIpc) is 2.70. The van der Waals surface area contributed by atoms with Crippen LogP contribution in [-0.2, 0) is 9.53 Å². The lowest BCUT2D eigenvalue weighted by atomic mass is 9.89. The molecule has 0 bridgehead atoms. The molecule has 3 atom stereocenters. The molecule has 0 aromatic carbocycles. The average molecular weight is 283 g/mol. The predicted molar refractivity (Wildman–Crippen MR) is 79.1 cm³/mol. The van der Waals surface area contributed by atoms with Crippen LogP contribution in [0, 0.1) is 5.92 Å². The Kier molecular flexibility index (Phi) is 5.04. The monoisotopic (exact) mass is 283 g/mol. The quantitative estimate of drug-likeness (QED) is 0.733. The summed E-state index contributed by atoms with van der Waals surface area (Å²) in [4.78, 5) is 14.3. The second-order valence-electron chi connectivity index (χ2n) is 6.84. The Morgan fingerprint density at radius 3 is 2.90 bits per heavy atom. The third kappa shape index (κ3) is 3.71. The zero-order chi connectivity index (χ0) is 14.8. The van der Waals surface area contributed by atoms with Gasteiger partial charge < -0.3 is 21.1 Å². The van der Waals surface area contributed by atoms with Crippen molar-refractivity contribution in [3.05, 3.63) is 0 Å². The molecule has 2 aliphatic heterocycles. The number of amides is 1. The number of fused-ring (bicyclic) bond motifs is 1. The van der Waals surface area contributed by atoms with E-state index in [1.54, 1.807) is 0 Å². The van der Waals surface area contributed by atoms with E-state index in [0.29, 0.717) is 18.6 Å². The summed E-state index contributed by atoms with van der Waals surface area (Å²) in [6, 6.07) is -0.367. The highest BCUT2D eigenvalue weighted by molar-refractivity contribution is 5.81. The van der Waals surface area contributed by atoms with Crippen LogP contribution in [0.5, 0.6) is 0 Å². The van der Waals surface area contributed by atoms with E-state index in [0.717, 1.165) is 45.2 Å². The van der Waals surface area contributed by atoms with Crippen molar-refractivity contribution in [3.8, 4) is 0 Å². The number of hydrogen-bond acceptors (Lipinski definition) is 4. The Labute approximate surface area is 122 Å². The maximum atomic E-state index is 12.4. The first kappa shape index (κ1) is 15.7. The molecule has 0 aliphatic carbocycles. The first-order chi connectivity index (χ1) is 9.43. The van der Waals surface area contributed by atoms with E-state index in [4.69, 9.17) is 16.2 Å². The summed E-state index contributed by atoms with van der Waals surface area (Å²) < 4.78 is 6.04. The van der Waals surface area contributed by atoms with E-state index in [2.05, 4.69) is 13.8 Å². The molecule has 4 N–H and O–H groups in total. The van der Waals surface area contributed by atoms with Crippen molar-refractivity contribution in [3.63, 3.8) is 0 Å². The normalized spacial score (nSPS) is 30.1. The summed E-state index contributed by atoms with van der Waals surface area (Å²) in [7, 11) is 0. The van der Waals surface area contributed by atoms with Crippen LogP contribution in [0.1, 0.15) is 46.0 Å². The molecule has 1 amide bonds. The Bertz CT molecular complexity index is 346. The fourth-order valence-electron chi connectivity index (χ4n) is 3.52. The Balaban J connectivity index is 1.83.